The minimum absolute atomic E-state index is 0.187. The van der Waals surface area contributed by atoms with E-state index in [1.807, 2.05) is 0 Å². The highest BCUT2D eigenvalue weighted by Gasteiger charge is 2.38. The predicted molar refractivity (Wildman–Crippen MR) is 52.1 cm³/mol. The number of hydrogen-bond donors (Lipinski definition) is 3. The first-order chi connectivity index (χ1) is 6.88. The van der Waals surface area contributed by atoms with Crippen LogP contribution in [0.25, 0.3) is 0 Å². The summed E-state index contributed by atoms with van der Waals surface area (Å²) in [5.74, 6) is -3.87. The van der Waals surface area contributed by atoms with E-state index in [1.54, 1.807) is 0 Å². The van der Waals surface area contributed by atoms with Gasteiger partial charge in [-0.1, -0.05) is 11.6 Å². The SMILES string of the molecule is N[C@@H](c1cc(Cl)ccc1O)C(F)(F)CO. The van der Waals surface area contributed by atoms with Crippen molar-refractivity contribution in [2.24, 2.45) is 5.73 Å². The predicted octanol–water partition coefficient (Wildman–Crippen LogP) is 1.67. The lowest BCUT2D eigenvalue weighted by Gasteiger charge is -2.22. The summed E-state index contributed by atoms with van der Waals surface area (Å²) >= 11 is 5.58. The standard InChI is InChI=1S/C9H10ClF2NO2/c10-5-1-2-7(15)6(3-5)8(13)9(11,12)4-14/h1-3,8,14-15H,4,13H2/t8-/m0/s1. The van der Waals surface area contributed by atoms with Gasteiger partial charge >= 0.3 is 0 Å². The molecule has 1 aromatic rings. The van der Waals surface area contributed by atoms with Crippen LogP contribution in [0.15, 0.2) is 18.2 Å². The van der Waals surface area contributed by atoms with E-state index in [1.165, 1.54) is 12.1 Å². The molecule has 0 saturated carbocycles. The maximum absolute atomic E-state index is 13.0. The summed E-state index contributed by atoms with van der Waals surface area (Å²) in [6, 6.07) is 1.88. The second-order valence-electron chi connectivity index (χ2n) is 3.10. The Kier molecular flexibility index (Phi) is 3.49. The van der Waals surface area contributed by atoms with Gasteiger partial charge < -0.3 is 15.9 Å². The molecule has 0 amide bonds. The minimum atomic E-state index is -3.50. The zero-order chi connectivity index (χ0) is 11.6. The first-order valence-corrected chi connectivity index (χ1v) is 4.49. The van der Waals surface area contributed by atoms with Crippen molar-refractivity contribution >= 4 is 11.6 Å². The van der Waals surface area contributed by atoms with Gasteiger partial charge in [0, 0.05) is 10.6 Å². The summed E-state index contributed by atoms with van der Waals surface area (Å²) in [6.45, 7) is -1.39. The number of benzene rings is 1. The van der Waals surface area contributed by atoms with E-state index in [0.717, 1.165) is 6.07 Å². The molecule has 1 aromatic carbocycles. The molecule has 1 rings (SSSR count). The zero-order valence-electron chi connectivity index (χ0n) is 7.62. The summed E-state index contributed by atoms with van der Waals surface area (Å²) < 4.78 is 26.0. The van der Waals surface area contributed by atoms with Gasteiger partial charge in [0.2, 0.25) is 0 Å². The van der Waals surface area contributed by atoms with Crippen LogP contribution in [-0.2, 0) is 0 Å². The van der Waals surface area contributed by atoms with Crippen molar-refractivity contribution in [2.45, 2.75) is 12.0 Å². The van der Waals surface area contributed by atoms with Gasteiger partial charge in [-0.15, -0.1) is 0 Å². The Hall–Kier alpha value is -0.910. The van der Waals surface area contributed by atoms with Crippen LogP contribution in [-0.4, -0.2) is 22.7 Å². The molecule has 0 saturated heterocycles. The number of rotatable bonds is 3. The Morgan fingerprint density at radius 1 is 1.47 bits per heavy atom. The van der Waals surface area contributed by atoms with E-state index in [4.69, 9.17) is 22.4 Å². The van der Waals surface area contributed by atoms with Gasteiger partial charge in [-0.05, 0) is 18.2 Å². The van der Waals surface area contributed by atoms with Crippen molar-refractivity contribution in [1.29, 1.82) is 0 Å². The fourth-order valence-corrected chi connectivity index (χ4v) is 1.28. The van der Waals surface area contributed by atoms with Crippen LogP contribution in [0.3, 0.4) is 0 Å². The monoisotopic (exact) mass is 237 g/mol. The smallest absolute Gasteiger partial charge is 0.289 e. The number of halogens is 3. The van der Waals surface area contributed by atoms with Crippen LogP contribution < -0.4 is 5.73 Å². The molecule has 0 aromatic heterocycles. The Balaban J connectivity index is 3.10. The van der Waals surface area contributed by atoms with Crippen LogP contribution >= 0.6 is 11.6 Å². The normalized spacial score (nSPS) is 13.9. The number of aromatic hydroxyl groups is 1. The van der Waals surface area contributed by atoms with Crippen LogP contribution in [0.4, 0.5) is 8.78 Å². The zero-order valence-corrected chi connectivity index (χ0v) is 8.38. The van der Waals surface area contributed by atoms with Gasteiger partial charge in [0.05, 0.1) is 0 Å². The molecule has 4 N–H and O–H groups in total. The molecule has 0 fully saturated rings. The number of aliphatic hydroxyl groups is 1. The average Bonchev–Trinajstić information content (AvgIpc) is 2.20. The number of nitrogens with two attached hydrogens (primary N) is 1. The topological polar surface area (TPSA) is 66.5 Å². The molecular formula is C9H10ClF2NO2. The molecular weight excluding hydrogens is 228 g/mol. The highest BCUT2D eigenvalue weighted by atomic mass is 35.5. The molecule has 0 aliphatic rings. The molecule has 6 heteroatoms. The first-order valence-electron chi connectivity index (χ1n) is 4.11. The van der Waals surface area contributed by atoms with Gasteiger partial charge in [-0.2, -0.15) is 0 Å². The third kappa shape index (κ3) is 2.56. The Morgan fingerprint density at radius 2 is 2.07 bits per heavy atom. The third-order valence-corrected chi connectivity index (χ3v) is 2.23. The van der Waals surface area contributed by atoms with Crippen molar-refractivity contribution < 1.29 is 19.0 Å². The molecule has 0 radical (unpaired) electrons. The lowest BCUT2D eigenvalue weighted by atomic mass is 10.0. The van der Waals surface area contributed by atoms with Gasteiger partial charge in [-0.3, -0.25) is 0 Å². The van der Waals surface area contributed by atoms with Crippen molar-refractivity contribution in [3.05, 3.63) is 28.8 Å². The summed E-state index contributed by atoms with van der Waals surface area (Å²) in [4.78, 5) is 0. The number of aliphatic hydroxyl groups excluding tert-OH is 1. The van der Waals surface area contributed by atoms with Gasteiger partial charge in [-0.25, -0.2) is 8.78 Å². The number of phenols is 1. The summed E-state index contributed by atoms with van der Waals surface area (Å²) in [6.07, 6.45) is 0. The molecule has 0 unspecified atom stereocenters. The summed E-state index contributed by atoms with van der Waals surface area (Å²) in [5.41, 5.74) is 5.03. The van der Waals surface area contributed by atoms with E-state index in [2.05, 4.69) is 0 Å². The molecule has 0 aliphatic heterocycles. The van der Waals surface area contributed by atoms with Crippen molar-refractivity contribution in [1.82, 2.24) is 0 Å². The maximum atomic E-state index is 13.0. The van der Waals surface area contributed by atoms with E-state index >= 15 is 0 Å². The van der Waals surface area contributed by atoms with Gasteiger partial charge in [0.1, 0.15) is 18.4 Å². The average molecular weight is 238 g/mol. The van der Waals surface area contributed by atoms with Crippen LogP contribution in [0, 0.1) is 0 Å². The molecule has 0 aliphatic carbocycles. The molecule has 1 atom stereocenters. The molecule has 0 spiro atoms. The first kappa shape index (κ1) is 12.2. The number of alkyl halides is 2. The van der Waals surface area contributed by atoms with Crippen LogP contribution in [0.2, 0.25) is 5.02 Å². The van der Waals surface area contributed by atoms with Crippen molar-refractivity contribution in [3.63, 3.8) is 0 Å². The van der Waals surface area contributed by atoms with E-state index in [9.17, 15) is 13.9 Å². The fraction of sp³-hybridized carbons (Fsp3) is 0.333. The second-order valence-corrected chi connectivity index (χ2v) is 3.54. The fourth-order valence-electron chi connectivity index (χ4n) is 1.10. The van der Waals surface area contributed by atoms with E-state index < -0.39 is 18.6 Å². The Morgan fingerprint density at radius 3 is 2.60 bits per heavy atom. The molecule has 0 heterocycles. The van der Waals surface area contributed by atoms with Gasteiger partial charge in [0.15, 0.2) is 0 Å². The van der Waals surface area contributed by atoms with Crippen molar-refractivity contribution in [3.8, 4) is 5.75 Å². The summed E-state index contributed by atoms with van der Waals surface area (Å²) in [5, 5.41) is 17.9. The second kappa shape index (κ2) is 4.30. The van der Waals surface area contributed by atoms with Gasteiger partial charge in [0.25, 0.3) is 5.92 Å². The molecule has 3 nitrogen and oxygen atoms in total. The van der Waals surface area contributed by atoms with Crippen LogP contribution in [0.5, 0.6) is 5.75 Å². The largest absolute Gasteiger partial charge is 0.508 e. The minimum Gasteiger partial charge on any atom is -0.508 e. The Labute approximate surface area is 90.1 Å². The molecule has 0 bridgehead atoms. The quantitative estimate of drug-likeness (QED) is 0.749. The maximum Gasteiger partial charge on any atom is 0.289 e. The lowest BCUT2D eigenvalue weighted by molar-refractivity contribution is -0.0715. The van der Waals surface area contributed by atoms with Crippen LogP contribution in [0.1, 0.15) is 11.6 Å². The Bertz CT molecular complexity index is 360. The summed E-state index contributed by atoms with van der Waals surface area (Å²) in [7, 11) is 0. The van der Waals surface area contributed by atoms with Crippen molar-refractivity contribution in [2.75, 3.05) is 6.61 Å². The highest BCUT2D eigenvalue weighted by molar-refractivity contribution is 6.30. The highest BCUT2D eigenvalue weighted by Crippen LogP contribution is 2.34. The number of hydrogen-bond acceptors (Lipinski definition) is 3. The van der Waals surface area contributed by atoms with E-state index in [-0.39, 0.29) is 16.3 Å². The van der Waals surface area contributed by atoms with E-state index in [0.29, 0.717) is 0 Å². The lowest BCUT2D eigenvalue weighted by Crippen LogP contribution is -2.36. The third-order valence-electron chi connectivity index (χ3n) is 1.99. The molecule has 15 heavy (non-hydrogen) atoms. The molecule has 84 valence electrons. The number of phenolic OH excluding ortho intramolecular Hbond substituents is 1.